The summed E-state index contributed by atoms with van der Waals surface area (Å²) in [7, 11) is -3.65. The van der Waals surface area contributed by atoms with Crippen LogP contribution in [0.4, 0.5) is 0 Å². The van der Waals surface area contributed by atoms with Crippen LogP contribution in [0.3, 0.4) is 0 Å². The Morgan fingerprint density at radius 3 is 2.84 bits per heavy atom. The topological polar surface area (TPSA) is 92.9 Å². The quantitative estimate of drug-likeness (QED) is 0.780. The van der Waals surface area contributed by atoms with Crippen LogP contribution in [0.1, 0.15) is 5.56 Å². The molecule has 1 aliphatic heterocycles. The van der Waals surface area contributed by atoms with Crippen LogP contribution in [0.15, 0.2) is 29.2 Å². The van der Waals surface area contributed by atoms with Gasteiger partial charge in [0.1, 0.15) is 0 Å². The van der Waals surface area contributed by atoms with E-state index < -0.39 is 16.1 Å². The summed E-state index contributed by atoms with van der Waals surface area (Å²) in [4.78, 5) is 0.206. The summed E-state index contributed by atoms with van der Waals surface area (Å²) in [6, 6.07) is 6.12. The molecule has 3 N–H and O–H groups in total. The highest BCUT2D eigenvalue weighted by atomic mass is 32.2. The van der Waals surface area contributed by atoms with Gasteiger partial charge >= 0.3 is 0 Å². The average molecular weight is 286 g/mol. The Bertz CT molecular complexity index is 532. The van der Waals surface area contributed by atoms with Gasteiger partial charge in [-0.2, -0.15) is 4.31 Å². The number of aliphatic hydroxyl groups excluding tert-OH is 1. The lowest BCUT2D eigenvalue weighted by Crippen LogP contribution is -2.50. The van der Waals surface area contributed by atoms with E-state index >= 15 is 0 Å². The lowest BCUT2D eigenvalue weighted by Gasteiger charge is -2.33. The molecule has 1 aromatic rings. The van der Waals surface area contributed by atoms with Crippen molar-refractivity contribution < 1.29 is 18.3 Å². The third-order valence-electron chi connectivity index (χ3n) is 3.16. The number of rotatable bonds is 4. The maximum Gasteiger partial charge on any atom is 0.243 e. The summed E-state index contributed by atoms with van der Waals surface area (Å²) in [6.07, 6.45) is 0. The van der Waals surface area contributed by atoms with Crippen molar-refractivity contribution in [3.8, 4) is 0 Å². The monoisotopic (exact) mass is 286 g/mol. The zero-order chi connectivity index (χ0) is 13.9. The maximum absolute atomic E-state index is 12.6. The second-order valence-corrected chi connectivity index (χ2v) is 6.20. The summed E-state index contributed by atoms with van der Waals surface area (Å²) < 4.78 is 31.8. The summed E-state index contributed by atoms with van der Waals surface area (Å²) in [5.74, 6) is 0. The van der Waals surface area contributed by atoms with Crippen molar-refractivity contribution in [1.29, 1.82) is 0 Å². The molecule has 0 amide bonds. The van der Waals surface area contributed by atoms with Crippen molar-refractivity contribution in [3.63, 3.8) is 0 Å². The van der Waals surface area contributed by atoms with Crippen LogP contribution >= 0.6 is 0 Å². The van der Waals surface area contributed by atoms with Crippen LogP contribution in [0.2, 0.25) is 0 Å². The molecule has 7 heteroatoms. The van der Waals surface area contributed by atoms with Gasteiger partial charge in [-0.1, -0.05) is 18.2 Å². The molecule has 0 aliphatic carbocycles. The molecule has 1 saturated heterocycles. The van der Waals surface area contributed by atoms with Gasteiger partial charge in [0.15, 0.2) is 0 Å². The van der Waals surface area contributed by atoms with E-state index in [2.05, 4.69) is 0 Å². The fourth-order valence-electron chi connectivity index (χ4n) is 2.15. The summed E-state index contributed by atoms with van der Waals surface area (Å²) in [5.41, 5.74) is 6.16. The number of hydrogen-bond acceptors (Lipinski definition) is 5. The van der Waals surface area contributed by atoms with Crippen LogP contribution in [-0.2, 0) is 21.3 Å². The van der Waals surface area contributed by atoms with E-state index in [1.807, 2.05) is 0 Å². The summed E-state index contributed by atoms with van der Waals surface area (Å²) in [5, 5.41) is 9.29. The first-order valence-corrected chi connectivity index (χ1v) is 7.53. The Kier molecular flexibility index (Phi) is 4.54. The van der Waals surface area contributed by atoms with E-state index in [9.17, 15) is 13.5 Å². The van der Waals surface area contributed by atoms with Crippen molar-refractivity contribution >= 4 is 10.0 Å². The largest absolute Gasteiger partial charge is 0.395 e. The molecule has 1 aliphatic rings. The first-order chi connectivity index (χ1) is 9.11. The van der Waals surface area contributed by atoms with Crippen LogP contribution < -0.4 is 5.73 Å². The molecule has 106 valence electrons. The number of morpholine rings is 1. The lowest BCUT2D eigenvalue weighted by atomic mass is 10.2. The van der Waals surface area contributed by atoms with E-state index in [-0.39, 0.29) is 31.2 Å². The minimum Gasteiger partial charge on any atom is -0.395 e. The van der Waals surface area contributed by atoms with E-state index in [1.54, 1.807) is 24.3 Å². The Hall–Kier alpha value is -0.990. The van der Waals surface area contributed by atoms with Gasteiger partial charge in [0.05, 0.1) is 30.8 Å². The normalized spacial score (nSPS) is 21.5. The van der Waals surface area contributed by atoms with Crippen LogP contribution in [0, 0.1) is 0 Å². The molecule has 2 rings (SSSR count). The first-order valence-electron chi connectivity index (χ1n) is 6.09. The summed E-state index contributed by atoms with van der Waals surface area (Å²) >= 11 is 0. The molecule has 0 radical (unpaired) electrons. The lowest BCUT2D eigenvalue weighted by molar-refractivity contribution is 0.0109. The minimum atomic E-state index is -3.65. The van der Waals surface area contributed by atoms with E-state index in [4.69, 9.17) is 10.5 Å². The molecule has 1 unspecified atom stereocenters. The second kappa shape index (κ2) is 5.98. The first kappa shape index (κ1) is 14.4. The molecule has 0 spiro atoms. The number of sulfonamides is 1. The SMILES string of the molecule is NCc1ccccc1S(=O)(=O)N1CCOCC1CO. The van der Waals surface area contributed by atoms with Gasteiger partial charge < -0.3 is 15.6 Å². The molecular weight excluding hydrogens is 268 g/mol. The molecule has 1 aromatic carbocycles. The van der Waals surface area contributed by atoms with Crippen molar-refractivity contribution in [2.45, 2.75) is 17.5 Å². The van der Waals surface area contributed by atoms with Gasteiger partial charge in [-0.15, -0.1) is 0 Å². The number of nitrogens with two attached hydrogens (primary N) is 1. The fourth-order valence-corrected chi connectivity index (χ4v) is 3.97. The molecule has 1 heterocycles. The number of hydrogen-bond donors (Lipinski definition) is 2. The summed E-state index contributed by atoms with van der Waals surface area (Å²) in [6.45, 7) is 0.682. The van der Waals surface area contributed by atoms with Crippen molar-refractivity contribution in [1.82, 2.24) is 4.31 Å². The highest BCUT2D eigenvalue weighted by Gasteiger charge is 2.34. The Labute approximate surface area is 112 Å². The van der Waals surface area contributed by atoms with E-state index in [0.29, 0.717) is 12.2 Å². The fraction of sp³-hybridized carbons (Fsp3) is 0.500. The van der Waals surface area contributed by atoms with Gasteiger partial charge in [0.25, 0.3) is 0 Å². The standard InChI is InChI=1S/C12H18N2O4S/c13-7-10-3-1-2-4-12(10)19(16,17)14-5-6-18-9-11(14)8-15/h1-4,11,15H,5-9,13H2. The molecule has 0 saturated carbocycles. The van der Waals surface area contributed by atoms with Crippen LogP contribution in [-0.4, -0.2) is 50.2 Å². The third-order valence-corrected chi connectivity index (χ3v) is 5.22. The minimum absolute atomic E-state index is 0.156. The number of ether oxygens (including phenoxy) is 1. The molecule has 19 heavy (non-hydrogen) atoms. The smallest absolute Gasteiger partial charge is 0.243 e. The molecule has 1 fully saturated rings. The molecule has 1 atom stereocenters. The van der Waals surface area contributed by atoms with Gasteiger partial charge in [0, 0.05) is 13.1 Å². The zero-order valence-electron chi connectivity index (χ0n) is 10.5. The average Bonchev–Trinajstić information content (AvgIpc) is 2.47. The Balaban J connectivity index is 2.40. The zero-order valence-corrected chi connectivity index (χ0v) is 11.3. The van der Waals surface area contributed by atoms with E-state index in [1.165, 1.54) is 4.31 Å². The molecular formula is C12H18N2O4S. The van der Waals surface area contributed by atoms with Crippen molar-refractivity contribution in [2.24, 2.45) is 5.73 Å². The number of nitrogens with zero attached hydrogens (tertiary/aromatic N) is 1. The van der Waals surface area contributed by atoms with Gasteiger partial charge in [-0.3, -0.25) is 0 Å². The predicted octanol–water partition coefficient (Wildman–Crippen LogP) is -0.473. The molecule has 0 aromatic heterocycles. The van der Waals surface area contributed by atoms with Gasteiger partial charge in [-0.05, 0) is 11.6 Å². The Morgan fingerprint density at radius 2 is 2.16 bits per heavy atom. The van der Waals surface area contributed by atoms with Crippen molar-refractivity contribution in [3.05, 3.63) is 29.8 Å². The highest BCUT2D eigenvalue weighted by Crippen LogP contribution is 2.23. The second-order valence-electron chi connectivity index (χ2n) is 4.34. The van der Waals surface area contributed by atoms with Gasteiger partial charge in [-0.25, -0.2) is 8.42 Å². The number of aliphatic hydroxyl groups is 1. The predicted molar refractivity (Wildman–Crippen MR) is 69.9 cm³/mol. The third kappa shape index (κ3) is 2.80. The maximum atomic E-state index is 12.6. The molecule has 6 nitrogen and oxygen atoms in total. The van der Waals surface area contributed by atoms with Crippen LogP contribution in [0.25, 0.3) is 0 Å². The van der Waals surface area contributed by atoms with Gasteiger partial charge in [0.2, 0.25) is 10.0 Å². The molecule has 0 bridgehead atoms. The number of benzene rings is 1. The Morgan fingerprint density at radius 1 is 1.42 bits per heavy atom. The van der Waals surface area contributed by atoms with Crippen molar-refractivity contribution in [2.75, 3.05) is 26.4 Å². The van der Waals surface area contributed by atoms with Crippen LogP contribution in [0.5, 0.6) is 0 Å². The highest BCUT2D eigenvalue weighted by molar-refractivity contribution is 7.89. The van der Waals surface area contributed by atoms with E-state index in [0.717, 1.165) is 0 Å².